The first-order chi connectivity index (χ1) is 14.8. The second-order valence-electron chi connectivity index (χ2n) is 6.93. The molecule has 3 heteroatoms. The molecule has 1 saturated heterocycles. The summed E-state index contributed by atoms with van der Waals surface area (Å²) in [6.45, 7) is 11.6. The van der Waals surface area contributed by atoms with Gasteiger partial charge in [0.05, 0.1) is 6.61 Å². The highest BCUT2D eigenvalue weighted by atomic mass is 16.5. The Kier molecular flexibility index (Phi) is 14.0. The lowest BCUT2D eigenvalue weighted by Crippen LogP contribution is -2.38. The van der Waals surface area contributed by atoms with Crippen LogP contribution >= 0.6 is 0 Å². The monoisotopic (exact) mass is 409 g/mol. The van der Waals surface area contributed by atoms with E-state index in [9.17, 15) is 4.79 Å². The van der Waals surface area contributed by atoms with Gasteiger partial charge in [0, 0.05) is 25.1 Å². The molecule has 1 unspecified atom stereocenters. The molecule has 1 heterocycles. The lowest BCUT2D eigenvalue weighted by atomic mass is 9.98. The molecule has 0 amide bonds. The van der Waals surface area contributed by atoms with Crippen molar-refractivity contribution in [2.24, 2.45) is 5.92 Å². The highest BCUT2D eigenvalue weighted by Crippen LogP contribution is 2.19. The van der Waals surface area contributed by atoms with E-state index in [1.807, 2.05) is 58.0 Å². The third-order valence-electron chi connectivity index (χ3n) is 4.73. The number of likely N-dealkylation sites (tertiary alicyclic amines) is 1. The van der Waals surface area contributed by atoms with Crippen LogP contribution in [0.2, 0.25) is 0 Å². The predicted molar refractivity (Wildman–Crippen MR) is 129 cm³/mol. The van der Waals surface area contributed by atoms with Crippen LogP contribution in [0.25, 0.3) is 6.08 Å². The van der Waals surface area contributed by atoms with Gasteiger partial charge < -0.3 is 4.74 Å². The van der Waals surface area contributed by atoms with E-state index in [1.54, 1.807) is 6.08 Å². The summed E-state index contributed by atoms with van der Waals surface area (Å²) in [6.07, 6.45) is 17.5. The van der Waals surface area contributed by atoms with Crippen LogP contribution in [0, 0.1) is 5.92 Å². The summed E-state index contributed by atoms with van der Waals surface area (Å²) in [4.78, 5) is 14.4. The molecule has 0 bridgehead atoms. The van der Waals surface area contributed by atoms with Crippen molar-refractivity contribution >= 4 is 12.0 Å². The predicted octanol–water partition coefficient (Wildman–Crippen LogP) is 6.45. The van der Waals surface area contributed by atoms with Crippen molar-refractivity contribution in [3.63, 3.8) is 0 Å². The van der Waals surface area contributed by atoms with Gasteiger partial charge in [-0.25, -0.2) is 4.79 Å². The van der Waals surface area contributed by atoms with Crippen LogP contribution in [0.3, 0.4) is 0 Å². The molecule has 1 aliphatic carbocycles. The van der Waals surface area contributed by atoms with Gasteiger partial charge in [0.15, 0.2) is 0 Å². The van der Waals surface area contributed by atoms with E-state index < -0.39 is 0 Å². The van der Waals surface area contributed by atoms with Gasteiger partial charge in [0.25, 0.3) is 0 Å². The normalized spacial score (nSPS) is 18.4. The lowest BCUT2D eigenvalue weighted by Gasteiger charge is -2.32. The van der Waals surface area contributed by atoms with Crippen molar-refractivity contribution in [3.8, 4) is 0 Å². The Hall–Kier alpha value is -2.39. The molecule has 1 aliphatic heterocycles. The summed E-state index contributed by atoms with van der Waals surface area (Å²) in [5.41, 5.74) is 2.36. The number of hydrogen-bond donors (Lipinski definition) is 0. The maximum Gasteiger partial charge on any atom is 0.330 e. The molecule has 0 aromatic heterocycles. The Labute approximate surface area is 183 Å². The molecule has 1 fully saturated rings. The molecule has 0 radical (unpaired) electrons. The standard InChI is InChI=1S/C23H27NO2.2C2H6/c25-23(15-14-20-9-6-3-7-10-20)26-19-22-13-8-16-24(18-22)17-21-11-4-1-2-5-12-21;2*1-2/h1,3-7,9-12,14-15,22H,2,8,13,16-19H2;2*1-2H3/b15-14+;;. The van der Waals surface area contributed by atoms with Crippen molar-refractivity contribution < 1.29 is 9.53 Å². The highest BCUT2D eigenvalue weighted by molar-refractivity contribution is 5.87. The van der Waals surface area contributed by atoms with E-state index in [4.69, 9.17) is 4.74 Å². The third kappa shape index (κ3) is 10.4. The molecule has 3 nitrogen and oxygen atoms in total. The van der Waals surface area contributed by atoms with Crippen molar-refractivity contribution in [3.05, 3.63) is 77.9 Å². The highest BCUT2D eigenvalue weighted by Gasteiger charge is 2.21. The molecule has 0 saturated carbocycles. The number of nitrogens with zero attached hydrogens (tertiary/aromatic N) is 1. The number of carbonyl (C=O) groups excluding carboxylic acids is 1. The third-order valence-corrected chi connectivity index (χ3v) is 4.73. The summed E-state index contributed by atoms with van der Waals surface area (Å²) >= 11 is 0. The number of hydrogen-bond acceptors (Lipinski definition) is 3. The van der Waals surface area contributed by atoms with Gasteiger partial charge in [-0.1, -0.05) is 88.4 Å². The minimum absolute atomic E-state index is 0.259. The van der Waals surface area contributed by atoms with E-state index in [0.717, 1.165) is 44.5 Å². The van der Waals surface area contributed by atoms with Crippen molar-refractivity contribution in [2.45, 2.75) is 47.0 Å². The SMILES string of the molecule is CC.CC.O=C(/C=C/c1ccccc1)OCC1CCCN(CC2=CC=CCC=C2)C1. The fourth-order valence-corrected chi connectivity index (χ4v) is 3.39. The van der Waals surface area contributed by atoms with Gasteiger partial charge in [0.1, 0.15) is 0 Å². The molecule has 1 aromatic carbocycles. The molecule has 0 spiro atoms. The zero-order chi connectivity index (χ0) is 22.0. The summed E-state index contributed by atoms with van der Waals surface area (Å²) in [6, 6.07) is 9.80. The van der Waals surface area contributed by atoms with Gasteiger partial charge in [-0.15, -0.1) is 0 Å². The summed E-state index contributed by atoms with van der Waals surface area (Å²) in [5.74, 6) is 0.161. The van der Waals surface area contributed by atoms with Crippen molar-refractivity contribution in [1.29, 1.82) is 0 Å². The first kappa shape index (κ1) is 25.6. The molecule has 2 aliphatic rings. The Bertz CT molecular complexity index is 701. The van der Waals surface area contributed by atoms with Crippen LogP contribution in [-0.2, 0) is 9.53 Å². The summed E-state index contributed by atoms with van der Waals surface area (Å²) < 4.78 is 5.47. The topological polar surface area (TPSA) is 29.5 Å². The number of carbonyl (C=O) groups is 1. The molecular formula is C27H39NO2. The van der Waals surface area contributed by atoms with Crippen LogP contribution in [0.15, 0.2) is 72.4 Å². The van der Waals surface area contributed by atoms with Crippen LogP contribution in [0.5, 0.6) is 0 Å². The Morgan fingerprint density at radius 2 is 1.90 bits per heavy atom. The van der Waals surface area contributed by atoms with E-state index in [0.29, 0.717) is 12.5 Å². The van der Waals surface area contributed by atoms with Gasteiger partial charge in [-0.3, -0.25) is 4.90 Å². The smallest absolute Gasteiger partial charge is 0.330 e. The van der Waals surface area contributed by atoms with Crippen LogP contribution in [0.1, 0.15) is 52.5 Å². The number of rotatable bonds is 6. The molecule has 1 atom stereocenters. The molecule has 1 aromatic rings. The second kappa shape index (κ2) is 16.4. The number of piperidine rings is 1. The fourth-order valence-electron chi connectivity index (χ4n) is 3.39. The first-order valence-corrected chi connectivity index (χ1v) is 11.4. The first-order valence-electron chi connectivity index (χ1n) is 11.4. The average Bonchev–Trinajstić information content (AvgIpc) is 3.08. The molecule has 164 valence electrons. The van der Waals surface area contributed by atoms with Crippen LogP contribution in [0.4, 0.5) is 0 Å². The van der Waals surface area contributed by atoms with Crippen molar-refractivity contribution in [1.82, 2.24) is 4.90 Å². The maximum atomic E-state index is 11.9. The fraction of sp³-hybridized carbons (Fsp3) is 0.444. The quantitative estimate of drug-likeness (QED) is 0.399. The minimum Gasteiger partial charge on any atom is -0.462 e. The number of esters is 1. The van der Waals surface area contributed by atoms with Gasteiger partial charge in [0.2, 0.25) is 0 Å². The van der Waals surface area contributed by atoms with Crippen molar-refractivity contribution in [2.75, 3.05) is 26.2 Å². The van der Waals surface area contributed by atoms with Gasteiger partial charge in [-0.2, -0.15) is 0 Å². The minimum atomic E-state index is -0.259. The Morgan fingerprint density at radius 3 is 2.67 bits per heavy atom. The lowest BCUT2D eigenvalue weighted by molar-refractivity contribution is -0.139. The molecule has 30 heavy (non-hydrogen) atoms. The number of benzene rings is 1. The molecule has 0 N–H and O–H groups in total. The zero-order valence-corrected chi connectivity index (χ0v) is 19.2. The Morgan fingerprint density at radius 1 is 1.13 bits per heavy atom. The number of allylic oxidation sites excluding steroid dienone is 4. The van der Waals surface area contributed by atoms with E-state index in [1.165, 1.54) is 11.6 Å². The summed E-state index contributed by atoms with van der Waals surface area (Å²) in [7, 11) is 0. The second-order valence-corrected chi connectivity index (χ2v) is 6.93. The zero-order valence-electron chi connectivity index (χ0n) is 19.2. The Balaban J connectivity index is 0.00000106. The number of ether oxygens (including phenoxy) is 1. The average molecular weight is 410 g/mol. The van der Waals surface area contributed by atoms with E-state index in [2.05, 4.69) is 35.3 Å². The molecular weight excluding hydrogens is 370 g/mol. The van der Waals surface area contributed by atoms with Gasteiger partial charge >= 0.3 is 5.97 Å². The largest absolute Gasteiger partial charge is 0.462 e. The maximum absolute atomic E-state index is 11.9. The van der Waals surface area contributed by atoms with E-state index in [-0.39, 0.29) is 5.97 Å². The van der Waals surface area contributed by atoms with Gasteiger partial charge in [-0.05, 0) is 43.0 Å². The molecule has 3 rings (SSSR count). The van der Waals surface area contributed by atoms with Crippen LogP contribution in [-0.4, -0.2) is 37.1 Å². The van der Waals surface area contributed by atoms with E-state index >= 15 is 0 Å². The van der Waals surface area contributed by atoms with Crippen LogP contribution < -0.4 is 0 Å². The summed E-state index contributed by atoms with van der Waals surface area (Å²) in [5, 5.41) is 0.